The molecule has 140 valence electrons. The molecule has 0 saturated heterocycles. The monoisotopic (exact) mass is 344 g/mol. The van der Waals surface area contributed by atoms with E-state index in [1.165, 1.54) is 108 Å². The van der Waals surface area contributed by atoms with Crippen LogP contribution in [0.3, 0.4) is 0 Å². The number of ether oxygens (including phenoxy) is 1. The van der Waals surface area contributed by atoms with Crippen LogP contribution in [0.4, 0.5) is 0 Å². The van der Waals surface area contributed by atoms with E-state index in [1.807, 2.05) is 11.8 Å². The van der Waals surface area contributed by atoms with E-state index in [1.54, 1.807) is 0 Å². The molecule has 23 heavy (non-hydrogen) atoms. The molecule has 0 heterocycles. The summed E-state index contributed by atoms with van der Waals surface area (Å²) in [5, 5.41) is 0. The molecule has 0 radical (unpaired) electrons. The summed E-state index contributed by atoms with van der Waals surface area (Å²) in [6.45, 7) is 4.17. The molecule has 0 aliphatic rings. The van der Waals surface area contributed by atoms with Crippen LogP contribution in [0.2, 0.25) is 0 Å². The molecule has 0 fully saturated rings. The van der Waals surface area contributed by atoms with Gasteiger partial charge in [-0.25, -0.2) is 0 Å². The van der Waals surface area contributed by atoms with Crippen molar-refractivity contribution < 1.29 is 4.74 Å². The Bertz CT molecular complexity index is 176. The molecule has 0 aliphatic carbocycles. The maximum Gasteiger partial charge on any atom is 0.0466 e. The molecular weight excluding hydrogens is 300 g/mol. The molecule has 0 aromatic heterocycles. The Balaban J connectivity index is 2.92. The lowest BCUT2D eigenvalue weighted by Gasteiger charge is -2.04. The maximum absolute atomic E-state index is 5.59. The van der Waals surface area contributed by atoms with Gasteiger partial charge in [0.25, 0.3) is 0 Å². The summed E-state index contributed by atoms with van der Waals surface area (Å²) in [6.07, 6.45) is 24.7. The molecule has 0 unspecified atom stereocenters. The van der Waals surface area contributed by atoms with E-state index in [0.717, 1.165) is 13.2 Å². The fourth-order valence-electron chi connectivity index (χ4n) is 2.92. The molecule has 0 amide bonds. The lowest BCUT2D eigenvalue weighted by atomic mass is 10.0. The third-order valence-electron chi connectivity index (χ3n) is 4.53. The topological polar surface area (TPSA) is 9.23 Å². The molecule has 0 aromatic rings. The third-order valence-corrected chi connectivity index (χ3v) is 5.23. The van der Waals surface area contributed by atoms with Crippen molar-refractivity contribution in [1.29, 1.82) is 0 Å². The highest BCUT2D eigenvalue weighted by Crippen LogP contribution is 2.13. The van der Waals surface area contributed by atoms with Gasteiger partial charge >= 0.3 is 0 Å². The first-order valence-electron chi connectivity index (χ1n) is 10.5. The van der Waals surface area contributed by atoms with Crippen molar-refractivity contribution in [2.24, 2.45) is 0 Å². The molecule has 0 aromatic carbocycles. The standard InChI is InChI=1S/C21H44OS/c1-3-4-19-22-20-17-15-13-11-9-7-5-6-8-10-12-14-16-18-21-23-2/h3-21H2,1-2H3. The summed E-state index contributed by atoms with van der Waals surface area (Å²) in [7, 11) is 0. The molecule has 2 heteroatoms. The Morgan fingerprint density at radius 1 is 0.522 bits per heavy atom. The summed E-state index contributed by atoms with van der Waals surface area (Å²) in [6, 6.07) is 0. The van der Waals surface area contributed by atoms with Gasteiger partial charge in [-0.2, -0.15) is 11.8 Å². The van der Waals surface area contributed by atoms with E-state index in [0.29, 0.717) is 0 Å². The molecule has 0 N–H and O–H groups in total. The van der Waals surface area contributed by atoms with Gasteiger partial charge in [0.15, 0.2) is 0 Å². The molecule has 0 aliphatic heterocycles. The van der Waals surface area contributed by atoms with Gasteiger partial charge in [-0.15, -0.1) is 0 Å². The van der Waals surface area contributed by atoms with E-state index in [2.05, 4.69) is 13.2 Å². The Morgan fingerprint density at radius 3 is 1.35 bits per heavy atom. The van der Waals surface area contributed by atoms with Gasteiger partial charge in [-0.1, -0.05) is 90.4 Å². The minimum absolute atomic E-state index is 0.967. The molecule has 0 spiro atoms. The van der Waals surface area contributed by atoms with Gasteiger partial charge in [0.2, 0.25) is 0 Å². The van der Waals surface area contributed by atoms with Crippen LogP contribution in [-0.4, -0.2) is 25.2 Å². The van der Waals surface area contributed by atoms with Crippen molar-refractivity contribution in [1.82, 2.24) is 0 Å². The van der Waals surface area contributed by atoms with Crippen LogP contribution >= 0.6 is 11.8 Å². The highest BCUT2D eigenvalue weighted by atomic mass is 32.2. The average molecular weight is 345 g/mol. The quantitative estimate of drug-likeness (QED) is 0.210. The first kappa shape index (κ1) is 23.3. The normalized spacial score (nSPS) is 11.2. The van der Waals surface area contributed by atoms with E-state index in [-0.39, 0.29) is 0 Å². The van der Waals surface area contributed by atoms with Crippen molar-refractivity contribution in [2.45, 2.75) is 110 Å². The van der Waals surface area contributed by atoms with Gasteiger partial charge in [-0.3, -0.25) is 0 Å². The van der Waals surface area contributed by atoms with E-state index < -0.39 is 0 Å². The van der Waals surface area contributed by atoms with Crippen LogP contribution in [0.15, 0.2) is 0 Å². The summed E-state index contributed by atoms with van der Waals surface area (Å²) >= 11 is 1.98. The zero-order valence-corrected chi connectivity index (χ0v) is 17.1. The number of hydrogen-bond acceptors (Lipinski definition) is 2. The second kappa shape index (κ2) is 22.3. The van der Waals surface area contributed by atoms with Crippen LogP contribution in [-0.2, 0) is 4.74 Å². The number of thioether (sulfide) groups is 1. The molecule has 1 nitrogen and oxygen atoms in total. The number of rotatable bonds is 20. The average Bonchev–Trinajstić information content (AvgIpc) is 2.57. The second-order valence-corrected chi connectivity index (χ2v) is 7.89. The first-order valence-corrected chi connectivity index (χ1v) is 11.9. The zero-order valence-electron chi connectivity index (χ0n) is 16.3. The highest BCUT2D eigenvalue weighted by molar-refractivity contribution is 7.98. The molecule has 0 atom stereocenters. The van der Waals surface area contributed by atoms with Gasteiger partial charge in [-0.05, 0) is 31.3 Å². The Morgan fingerprint density at radius 2 is 0.913 bits per heavy atom. The van der Waals surface area contributed by atoms with Gasteiger partial charge in [0, 0.05) is 13.2 Å². The van der Waals surface area contributed by atoms with Crippen LogP contribution in [0.1, 0.15) is 110 Å². The van der Waals surface area contributed by atoms with Crippen molar-refractivity contribution in [3.63, 3.8) is 0 Å². The molecule has 0 rings (SSSR count). The predicted molar refractivity (Wildman–Crippen MR) is 109 cm³/mol. The Hall–Kier alpha value is 0.310. The lowest BCUT2D eigenvalue weighted by molar-refractivity contribution is 0.127. The summed E-state index contributed by atoms with van der Waals surface area (Å²) < 4.78 is 5.59. The van der Waals surface area contributed by atoms with Crippen molar-refractivity contribution in [2.75, 3.05) is 25.2 Å². The number of unbranched alkanes of at least 4 members (excludes halogenated alkanes) is 14. The highest BCUT2D eigenvalue weighted by Gasteiger charge is 1.95. The predicted octanol–water partition coefficient (Wildman–Crippen LogP) is 7.63. The summed E-state index contributed by atoms with van der Waals surface area (Å²) in [5.74, 6) is 1.35. The van der Waals surface area contributed by atoms with E-state index in [4.69, 9.17) is 4.74 Å². The van der Waals surface area contributed by atoms with Crippen LogP contribution in [0.25, 0.3) is 0 Å². The van der Waals surface area contributed by atoms with E-state index >= 15 is 0 Å². The minimum atomic E-state index is 0.967. The number of hydrogen-bond donors (Lipinski definition) is 0. The fourth-order valence-corrected chi connectivity index (χ4v) is 3.41. The fraction of sp³-hybridized carbons (Fsp3) is 1.00. The van der Waals surface area contributed by atoms with Crippen molar-refractivity contribution >= 4 is 11.8 Å². The van der Waals surface area contributed by atoms with Gasteiger partial charge in [0.1, 0.15) is 0 Å². The molecule has 0 saturated carbocycles. The molecule has 0 bridgehead atoms. The SMILES string of the molecule is CCCCOCCCCCCCCCCCCCCCCSC. The largest absolute Gasteiger partial charge is 0.381 e. The van der Waals surface area contributed by atoms with Crippen molar-refractivity contribution in [3.05, 3.63) is 0 Å². The second-order valence-electron chi connectivity index (χ2n) is 6.91. The Labute approximate surface area is 151 Å². The maximum atomic E-state index is 5.59. The minimum Gasteiger partial charge on any atom is -0.381 e. The first-order chi connectivity index (χ1) is 11.4. The van der Waals surface area contributed by atoms with Crippen LogP contribution < -0.4 is 0 Å². The molecular formula is C21H44OS. The third kappa shape index (κ3) is 22.3. The summed E-state index contributed by atoms with van der Waals surface area (Å²) in [4.78, 5) is 0. The lowest BCUT2D eigenvalue weighted by Crippen LogP contribution is -1.96. The van der Waals surface area contributed by atoms with Crippen molar-refractivity contribution in [3.8, 4) is 0 Å². The van der Waals surface area contributed by atoms with Gasteiger partial charge < -0.3 is 4.74 Å². The van der Waals surface area contributed by atoms with Crippen LogP contribution in [0.5, 0.6) is 0 Å². The van der Waals surface area contributed by atoms with E-state index in [9.17, 15) is 0 Å². The summed E-state index contributed by atoms with van der Waals surface area (Å²) in [5.41, 5.74) is 0. The smallest absolute Gasteiger partial charge is 0.0466 e. The zero-order chi connectivity index (χ0) is 16.8. The van der Waals surface area contributed by atoms with Crippen LogP contribution in [0, 0.1) is 0 Å². The Kier molecular flexibility index (Phi) is 22.6. The van der Waals surface area contributed by atoms with Gasteiger partial charge in [0.05, 0.1) is 0 Å².